The number of hydrogen-bond donors (Lipinski definition) is 3. The van der Waals surface area contributed by atoms with E-state index < -0.39 is 53.4 Å². The quantitative estimate of drug-likeness (QED) is 0.318. The standard InChI is InChI=1S/C21H27F6N3O4/c1-11(2)6-16(17(31)18(32)28-34)19(33)30-5-4-29(10-12(30)3)15-8-13(20(22,23)24)7-14(9-15)21(25,26)27/h7-9,11-12,16-17,31,34H,4-6,10H2,1-3H3,(H,28,32)/t12-,16+,17+/m1/s1. The Balaban J connectivity index is 2.29. The molecule has 0 saturated carbocycles. The van der Waals surface area contributed by atoms with Gasteiger partial charge in [-0.15, -0.1) is 0 Å². The number of hydrogen-bond acceptors (Lipinski definition) is 5. The molecule has 2 rings (SSSR count). The molecule has 7 nitrogen and oxygen atoms in total. The van der Waals surface area contributed by atoms with Crippen molar-refractivity contribution in [1.82, 2.24) is 10.4 Å². The second kappa shape index (κ2) is 10.4. The summed E-state index contributed by atoms with van der Waals surface area (Å²) in [5, 5.41) is 19.0. The van der Waals surface area contributed by atoms with E-state index in [2.05, 4.69) is 0 Å². The summed E-state index contributed by atoms with van der Waals surface area (Å²) in [7, 11) is 0. The zero-order chi connectivity index (χ0) is 26.0. The van der Waals surface area contributed by atoms with E-state index in [9.17, 15) is 41.0 Å². The molecule has 1 aliphatic heterocycles. The first kappa shape index (κ1) is 27.7. The number of anilines is 1. The van der Waals surface area contributed by atoms with E-state index in [0.29, 0.717) is 12.1 Å². The van der Waals surface area contributed by atoms with Gasteiger partial charge in [0, 0.05) is 31.4 Å². The monoisotopic (exact) mass is 499 g/mol. The Morgan fingerprint density at radius 1 is 1.06 bits per heavy atom. The molecular formula is C21H27F6N3O4. The van der Waals surface area contributed by atoms with Gasteiger partial charge in [-0.3, -0.25) is 14.8 Å². The number of nitrogens with one attached hydrogen (secondary N) is 1. The highest BCUT2D eigenvalue weighted by atomic mass is 19.4. The lowest BCUT2D eigenvalue weighted by Gasteiger charge is -2.43. The number of aliphatic hydroxyl groups is 1. The normalized spacial score (nSPS) is 19.2. The molecule has 1 saturated heterocycles. The summed E-state index contributed by atoms with van der Waals surface area (Å²) in [5.74, 6) is -3.05. The van der Waals surface area contributed by atoms with Crippen LogP contribution >= 0.6 is 0 Å². The van der Waals surface area contributed by atoms with Gasteiger partial charge in [-0.2, -0.15) is 26.3 Å². The van der Waals surface area contributed by atoms with Gasteiger partial charge >= 0.3 is 12.4 Å². The van der Waals surface area contributed by atoms with Gasteiger partial charge < -0.3 is 14.9 Å². The highest BCUT2D eigenvalue weighted by Gasteiger charge is 2.40. The number of nitrogens with zero attached hydrogens (tertiary/aromatic N) is 2. The number of benzene rings is 1. The lowest BCUT2D eigenvalue weighted by molar-refractivity contribution is -0.152. The Morgan fingerprint density at radius 3 is 2.00 bits per heavy atom. The van der Waals surface area contributed by atoms with Crippen LogP contribution in [0, 0.1) is 11.8 Å². The Bertz CT molecular complexity index is 858. The van der Waals surface area contributed by atoms with Crippen LogP contribution in [0.25, 0.3) is 0 Å². The first-order valence-corrected chi connectivity index (χ1v) is 10.5. The van der Waals surface area contributed by atoms with Crippen LogP contribution < -0.4 is 10.4 Å². The third-order valence-corrected chi connectivity index (χ3v) is 5.65. The van der Waals surface area contributed by atoms with Crippen LogP contribution in [0.3, 0.4) is 0 Å². The molecule has 3 N–H and O–H groups in total. The van der Waals surface area contributed by atoms with Gasteiger partial charge in [-0.1, -0.05) is 13.8 Å². The lowest BCUT2D eigenvalue weighted by atomic mass is 9.89. The number of rotatable bonds is 6. The molecule has 3 atom stereocenters. The van der Waals surface area contributed by atoms with Crippen LogP contribution in [-0.2, 0) is 21.9 Å². The number of carbonyl (C=O) groups excluding carboxylic acids is 2. The lowest BCUT2D eigenvalue weighted by Crippen LogP contribution is -2.57. The third-order valence-electron chi connectivity index (χ3n) is 5.65. The second-order valence-corrected chi connectivity index (χ2v) is 8.75. The average molecular weight is 499 g/mol. The summed E-state index contributed by atoms with van der Waals surface area (Å²) in [6.07, 6.45) is -11.7. The fourth-order valence-corrected chi connectivity index (χ4v) is 3.98. The number of amides is 2. The molecule has 1 fully saturated rings. The molecular weight excluding hydrogens is 472 g/mol. The molecule has 0 radical (unpaired) electrons. The van der Waals surface area contributed by atoms with E-state index in [-0.39, 0.29) is 43.7 Å². The highest BCUT2D eigenvalue weighted by Crippen LogP contribution is 2.39. The fourth-order valence-electron chi connectivity index (χ4n) is 3.98. The van der Waals surface area contributed by atoms with Crippen LogP contribution in [0.15, 0.2) is 18.2 Å². The molecule has 1 aliphatic rings. The topological polar surface area (TPSA) is 93.1 Å². The van der Waals surface area contributed by atoms with E-state index in [0.717, 1.165) is 0 Å². The Morgan fingerprint density at radius 2 is 1.59 bits per heavy atom. The van der Waals surface area contributed by atoms with Crippen molar-refractivity contribution in [2.24, 2.45) is 11.8 Å². The molecule has 0 aliphatic carbocycles. The minimum Gasteiger partial charge on any atom is -0.382 e. The van der Waals surface area contributed by atoms with E-state index >= 15 is 0 Å². The van der Waals surface area contributed by atoms with Crippen LogP contribution in [0.4, 0.5) is 32.0 Å². The Labute approximate surface area is 192 Å². The zero-order valence-corrected chi connectivity index (χ0v) is 18.7. The minimum atomic E-state index is -4.98. The SMILES string of the molecule is CC(C)C[C@H](C(=O)N1CCN(c2cc(C(F)(F)F)cc(C(F)(F)F)c2)C[C@H]1C)[C@H](O)C(=O)NO. The first-order valence-electron chi connectivity index (χ1n) is 10.5. The Kier molecular flexibility index (Phi) is 8.46. The third kappa shape index (κ3) is 6.53. The molecule has 13 heteroatoms. The molecule has 0 unspecified atom stereocenters. The van der Waals surface area contributed by atoms with Crippen LogP contribution in [-0.4, -0.2) is 58.8 Å². The number of aliphatic hydroxyl groups excluding tert-OH is 1. The van der Waals surface area contributed by atoms with Gasteiger partial charge in [0.05, 0.1) is 17.0 Å². The molecule has 34 heavy (non-hydrogen) atoms. The molecule has 1 heterocycles. The molecule has 2 amide bonds. The van der Waals surface area contributed by atoms with Crippen molar-refractivity contribution in [1.29, 1.82) is 0 Å². The maximum absolute atomic E-state index is 13.2. The minimum absolute atomic E-state index is 0.0524. The summed E-state index contributed by atoms with van der Waals surface area (Å²) >= 11 is 0. The number of piperazine rings is 1. The van der Waals surface area contributed by atoms with E-state index in [1.807, 2.05) is 0 Å². The van der Waals surface area contributed by atoms with Crippen molar-refractivity contribution in [3.63, 3.8) is 0 Å². The van der Waals surface area contributed by atoms with Crippen molar-refractivity contribution in [3.05, 3.63) is 29.3 Å². The van der Waals surface area contributed by atoms with Crippen molar-refractivity contribution < 1.29 is 46.2 Å². The van der Waals surface area contributed by atoms with E-state index in [1.165, 1.54) is 15.3 Å². The van der Waals surface area contributed by atoms with Gasteiger partial charge in [0.2, 0.25) is 5.91 Å². The van der Waals surface area contributed by atoms with Crippen LogP contribution in [0.1, 0.15) is 38.3 Å². The molecule has 0 bridgehead atoms. The molecule has 1 aromatic rings. The zero-order valence-electron chi connectivity index (χ0n) is 18.7. The van der Waals surface area contributed by atoms with Crippen molar-refractivity contribution in [3.8, 4) is 0 Å². The highest BCUT2D eigenvalue weighted by molar-refractivity contribution is 5.89. The smallest absolute Gasteiger partial charge is 0.382 e. The number of carbonyl (C=O) groups is 2. The van der Waals surface area contributed by atoms with Crippen molar-refractivity contribution >= 4 is 17.5 Å². The second-order valence-electron chi connectivity index (χ2n) is 8.75. The molecule has 192 valence electrons. The average Bonchev–Trinajstić information content (AvgIpc) is 2.74. The van der Waals surface area contributed by atoms with Gasteiger partial charge in [0.15, 0.2) is 0 Å². The fraction of sp³-hybridized carbons (Fsp3) is 0.619. The summed E-state index contributed by atoms with van der Waals surface area (Å²) in [6.45, 7) is 4.90. The molecule has 0 spiro atoms. The van der Waals surface area contributed by atoms with Crippen molar-refractivity contribution in [2.45, 2.75) is 51.7 Å². The maximum atomic E-state index is 13.2. The summed E-state index contributed by atoms with van der Waals surface area (Å²) in [4.78, 5) is 27.5. The predicted octanol–water partition coefficient (Wildman–Crippen LogP) is 3.29. The first-order chi connectivity index (χ1) is 15.6. The Hall–Kier alpha value is -2.54. The predicted molar refractivity (Wildman–Crippen MR) is 109 cm³/mol. The summed E-state index contributed by atoms with van der Waals surface area (Å²) < 4.78 is 79.2. The maximum Gasteiger partial charge on any atom is 0.416 e. The molecule has 1 aromatic carbocycles. The number of alkyl halides is 6. The number of hydroxylamine groups is 1. The largest absolute Gasteiger partial charge is 0.416 e. The van der Waals surface area contributed by atoms with Crippen molar-refractivity contribution in [2.75, 3.05) is 24.5 Å². The van der Waals surface area contributed by atoms with Crippen LogP contribution in [0.2, 0.25) is 0 Å². The van der Waals surface area contributed by atoms with E-state index in [1.54, 1.807) is 20.8 Å². The summed E-state index contributed by atoms with van der Waals surface area (Å²) in [6, 6.07) is 0.674. The van der Waals surface area contributed by atoms with Gasteiger partial charge in [0.25, 0.3) is 5.91 Å². The van der Waals surface area contributed by atoms with Gasteiger partial charge in [-0.05, 0) is 37.5 Å². The van der Waals surface area contributed by atoms with Gasteiger partial charge in [-0.25, -0.2) is 5.48 Å². The number of halogens is 6. The van der Waals surface area contributed by atoms with Crippen LogP contribution in [0.5, 0.6) is 0 Å². The summed E-state index contributed by atoms with van der Waals surface area (Å²) in [5.41, 5.74) is -1.84. The van der Waals surface area contributed by atoms with E-state index in [4.69, 9.17) is 5.21 Å². The molecule has 0 aromatic heterocycles. The van der Waals surface area contributed by atoms with Gasteiger partial charge in [0.1, 0.15) is 6.10 Å².